The molecule has 0 saturated carbocycles. The van der Waals surface area contributed by atoms with Gasteiger partial charge in [-0.1, -0.05) is 12.1 Å². The minimum atomic E-state index is -0.689. The first-order valence-corrected chi connectivity index (χ1v) is 8.03. The molecule has 0 bridgehead atoms. The number of carbonyl (C=O) groups excluding carboxylic acids is 3. The Labute approximate surface area is 156 Å². The van der Waals surface area contributed by atoms with Gasteiger partial charge in [-0.2, -0.15) is 0 Å². The van der Waals surface area contributed by atoms with Crippen LogP contribution in [0.25, 0.3) is 0 Å². The maximum absolute atomic E-state index is 12.7. The second-order valence-electron chi connectivity index (χ2n) is 5.66. The quantitative estimate of drug-likeness (QED) is 0.561. The Morgan fingerprint density at radius 2 is 1.41 bits per heavy atom. The van der Waals surface area contributed by atoms with Gasteiger partial charge in [0, 0.05) is 6.07 Å². The highest BCUT2D eigenvalue weighted by atomic mass is 16.5. The Balaban J connectivity index is 2.48. The zero-order chi connectivity index (χ0) is 20.1. The first-order chi connectivity index (χ1) is 12.8. The van der Waals surface area contributed by atoms with Crippen LogP contribution >= 0.6 is 0 Å². The summed E-state index contributed by atoms with van der Waals surface area (Å²) in [5.74, 6) is -1.82. The third-order valence-electron chi connectivity index (χ3n) is 4.03. The van der Waals surface area contributed by atoms with Crippen molar-refractivity contribution < 1.29 is 33.7 Å². The van der Waals surface area contributed by atoms with Gasteiger partial charge in [-0.05, 0) is 19.1 Å². The molecule has 0 radical (unpaired) electrons. The lowest BCUT2D eigenvalue weighted by molar-refractivity contribution is 0.0890. The number of phenols is 1. The SMILES string of the molecule is COc1ccccc1C(=O)CC(=O)c1c(OC)cc(OC)c(C(C)=O)c1O. The Hall–Kier alpha value is -3.35. The van der Waals surface area contributed by atoms with Crippen molar-refractivity contribution >= 4 is 17.3 Å². The number of ketones is 3. The average molecular weight is 372 g/mol. The molecule has 7 heteroatoms. The number of benzene rings is 2. The highest BCUT2D eigenvalue weighted by Gasteiger charge is 2.28. The highest BCUT2D eigenvalue weighted by molar-refractivity contribution is 6.17. The standard InChI is InChI=1S/C20H20O7/c1-11(21)18-16(26-3)10-17(27-4)19(20(18)24)14(23)9-13(22)12-7-5-6-8-15(12)25-2/h5-8,10,24H,9H2,1-4H3. The average Bonchev–Trinajstić information content (AvgIpc) is 2.66. The summed E-state index contributed by atoms with van der Waals surface area (Å²) in [7, 11) is 4.05. The molecule has 0 fully saturated rings. The van der Waals surface area contributed by atoms with Gasteiger partial charge in [0.1, 0.15) is 34.1 Å². The zero-order valence-corrected chi connectivity index (χ0v) is 15.5. The molecule has 0 aliphatic heterocycles. The van der Waals surface area contributed by atoms with E-state index in [9.17, 15) is 19.5 Å². The summed E-state index contributed by atoms with van der Waals surface area (Å²) in [5, 5.41) is 10.5. The third kappa shape index (κ3) is 3.92. The topological polar surface area (TPSA) is 99.1 Å². The lowest BCUT2D eigenvalue weighted by Gasteiger charge is -2.15. The number of Topliss-reactive ketones (excluding diaryl/α,β-unsaturated/α-hetero) is 3. The van der Waals surface area contributed by atoms with Crippen molar-refractivity contribution in [2.45, 2.75) is 13.3 Å². The molecule has 0 aromatic heterocycles. The third-order valence-corrected chi connectivity index (χ3v) is 4.03. The summed E-state index contributed by atoms with van der Waals surface area (Å²) in [6, 6.07) is 7.84. The van der Waals surface area contributed by atoms with E-state index in [1.54, 1.807) is 24.3 Å². The minimum absolute atomic E-state index is 0.00665. The summed E-state index contributed by atoms with van der Waals surface area (Å²) >= 11 is 0. The number of phenolic OH excluding ortho intramolecular Hbond substituents is 1. The summed E-state index contributed by atoms with van der Waals surface area (Å²) in [5.41, 5.74) is -0.148. The van der Waals surface area contributed by atoms with Gasteiger partial charge >= 0.3 is 0 Å². The molecule has 0 amide bonds. The molecule has 0 atom stereocenters. The van der Waals surface area contributed by atoms with E-state index in [1.807, 2.05) is 0 Å². The van der Waals surface area contributed by atoms with Crippen molar-refractivity contribution in [2.75, 3.05) is 21.3 Å². The second-order valence-corrected chi connectivity index (χ2v) is 5.66. The molecule has 2 rings (SSSR count). The predicted octanol–water partition coefficient (Wildman–Crippen LogP) is 3.08. The van der Waals surface area contributed by atoms with Gasteiger partial charge in [-0.15, -0.1) is 0 Å². The smallest absolute Gasteiger partial charge is 0.178 e. The molecule has 1 N–H and O–H groups in total. The second kappa shape index (κ2) is 8.35. The largest absolute Gasteiger partial charge is 0.506 e. The van der Waals surface area contributed by atoms with E-state index in [4.69, 9.17) is 14.2 Å². The number of ether oxygens (including phenoxy) is 3. The van der Waals surface area contributed by atoms with Gasteiger partial charge in [-0.3, -0.25) is 14.4 Å². The normalized spacial score (nSPS) is 10.2. The minimum Gasteiger partial charge on any atom is -0.506 e. The van der Waals surface area contributed by atoms with Crippen LogP contribution in [-0.2, 0) is 0 Å². The van der Waals surface area contributed by atoms with Gasteiger partial charge in [0.2, 0.25) is 0 Å². The van der Waals surface area contributed by atoms with Crippen molar-refractivity contribution in [1.82, 2.24) is 0 Å². The summed E-state index contributed by atoms with van der Waals surface area (Å²) < 4.78 is 15.4. The highest BCUT2D eigenvalue weighted by Crippen LogP contribution is 2.39. The Bertz CT molecular complexity index is 899. The number of aromatic hydroxyl groups is 1. The molecule has 7 nitrogen and oxygen atoms in total. The fourth-order valence-electron chi connectivity index (χ4n) is 2.76. The van der Waals surface area contributed by atoms with E-state index in [0.29, 0.717) is 5.75 Å². The van der Waals surface area contributed by atoms with Crippen LogP contribution in [0.15, 0.2) is 30.3 Å². The molecule has 27 heavy (non-hydrogen) atoms. The van der Waals surface area contributed by atoms with Crippen LogP contribution in [0.2, 0.25) is 0 Å². The Morgan fingerprint density at radius 1 is 0.852 bits per heavy atom. The van der Waals surface area contributed by atoms with Crippen molar-refractivity contribution in [1.29, 1.82) is 0 Å². The van der Waals surface area contributed by atoms with Gasteiger partial charge in [0.05, 0.1) is 33.3 Å². The number of carbonyl (C=O) groups is 3. The molecule has 0 unspecified atom stereocenters. The van der Waals surface area contributed by atoms with E-state index in [-0.39, 0.29) is 28.2 Å². The summed E-state index contributed by atoms with van der Waals surface area (Å²) in [6.07, 6.45) is -0.534. The van der Waals surface area contributed by atoms with Crippen LogP contribution in [0.3, 0.4) is 0 Å². The molecule has 0 heterocycles. The fourth-order valence-corrected chi connectivity index (χ4v) is 2.76. The predicted molar refractivity (Wildman–Crippen MR) is 97.5 cm³/mol. The van der Waals surface area contributed by atoms with E-state index >= 15 is 0 Å². The Morgan fingerprint density at radius 3 is 1.96 bits per heavy atom. The number of rotatable bonds is 8. The molecule has 2 aromatic rings. The van der Waals surface area contributed by atoms with Gasteiger partial charge in [-0.25, -0.2) is 0 Å². The molecule has 2 aromatic carbocycles. The molecule has 142 valence electrons. The number of methoxy groups -OCH3 is 3. The number of hydrogen-bond acceptors (Lipinski definition) is 7. The molecule has 0 spiro atoms. The van der Waals surface area contributed by atoms with Crippen molar-refractivity contribution in [3.05, 3.63) is 47.0 Å². The van der Waals surface area contributed by atoms with Crippen LogP contribution in [0.1, 0.15) is 44.4 Å². The molecule has 0 aliphatic carbocycles. The molecular weight excluding hydrogens is 352 g/mol. The van der Waals surface area contributed by atoms with Crippen LogP contribution < -0.4 is 14.2 Å². The first-order valence-electron chi connectivity index (χ1n) is 8.03. The van der Waals surface area contributed by atoms with Gasteiger partial charge < -0.3 is 19.3 Å². The lowest BCUT2D eigenvalue weighted by atomic mass is 9.96. The summed E-state index contributed by atoms with van der Waals surface area (Å²) in [4.78, 5) is 37.2. The fraction of sp³-hybridized carbons (Fsp3) is 0.250. The van der Waals surface area contributed by atoms with Crippen LogP contribution in [-0.4, -0.2) is 43.8 Å². The monoisotopic (exact) mass is 372 g/mol. The van der Waals surface area contributed by atoms with Crippen molar-refractivity contribution in [3.8, 4) is 23.0 Å². The lowest BCUT2D eigenvalue weighted by Crippen LogP contribution is -2.13. The van der Waals surface area contributed by atoms with Crippen molar-refractivity contribution in [3.63, 3.8) is 0 Å². The van der Waals surface area contributed by atoms with Crippen LogP contribution in [0, 0.1) is 0 Å². The number of hydrogen-bond donors (Lipinski definition) is 1. The molecular formula is C20H20O7. The van der Waals surface area contributed by atoms with Crippen molar-refractivity contribution in [2.24, 2.45) is 0 Å². The molecule has 0 aliphatic rings. The molecule has 0 saturated heterocycles. The maximum Gasteiger partial charge on any atom is 0.178 e. The Kier molecular flexibility index (Phi) is 6.18. The number of para-hydroxylation sites is 1. The van der Waals surface area contributed by atoms with Crippen LogP contribution in [0.4, 0.5) is 0 Å². The maximum atomic E-state index is 12.7. The van der Waals surface area contributed by atoms with E-state index < -0.39 is 29.5 Å². The van der Waals surface area contributed by atoms with E-state index in [2.05, 4.69) is 0 Å². The van der Waals surface area contributed by atoms with Gasteiger partial charge in [0.15, 0.2) is 17.3 Å². The first kappa shape index (κ1) is 20.0. The van der Waals surface area contributed by atoms with Crippen LogP contribution in [0.5, 0.6) is 23.0 Å². The summed E-state index contributed by atoms with van der Waals surface area (Å²) in [6.45, 7) is 1.23. The van der Waals surface area contributed by atoms with Gasteiger partial charge in [0.25, 0.3) is 0 Å². The van der Waals surface area contributed by atoms with E-state index in [1.165, 1.54) is 34.3 Å². The zero-order valence-electron chi connectivity index (χ0n) is 15.5. The van der Waals surface area contributed by atoms with E-state index in [0.717, 1.165) is 0 Å².